The summed E-state index contributed by atoms with van der Waals surface area (Å²) in [6, 6.07) is 16.3. The molecule has 0 radical (unpaired) electrons. The van der Waals surface area contributed by atoms with Crippen molar-refractivity contribution in [1.29, 1.82) is 0 Å². The number of halogens is 1. The SMILES string of the molecule is Cn1c(S[C@@H](C(=O)NC2CC2)c2ccccc2)nnc1-c1ccccc1F. The van der Waals surface area contributed by atoms with Crippen molar-refractivity contribution in [2.45, 2.75) is 29.3 Å². The van der Waals surface area contributed by atoms with Crippen LogP contribution in [0.25, 0.3) is 11.4 Å². The van der Waals surface area contributed by atoms with Crippen LogP contribution in [0.1, 0.15) is 23.7 Å². The maximum Gasteiger partial charge on any atom is 0.238 e. The molecule has 1 aliphatic rings. The Morgan fingerprint density at radius 3 is 2.56 bits per heavy atom. The minimum Gasteiger partial charge on any atom is -0.352 e. The zero-order valence-electron chi connectivity index (χ0n) is 14.8. The van der Waals surface area contributed by atoms with Gasteiger partial charge in [0.2, 0.25) is 5.91 Å². The van der Waals surface area contributed by atoms with Crippen LogP contribution >= 0.6 is 11.8 Å². The lowest BCUT2D eigenvalue weighted by molar-refractivity contribution is -0.120. The highest BCUT2D eigenvalue weighted by Crippen LogP contribution is 2.36. The van der Waals surface area contributed by atoms with Crippen LogP contribution in [0.4, 0.5) is 4.39 Å². The molecular weight excluding hydrogens is 363 g/mol. The van der Waals surface area contributed by atoms with Crippen molar-refractivity contribution in [2.24, 2.45) is 7.05 Å². The van der Waals surface area contributed by atoms with E-state index in [1.165, 1.54) is 17.8 Å². The van der Waals surface area contributed by atoms with E-state index in [0.717, 1.165) is 18.4 Å². The van der Waals surface area contributed by atoms with Gasteiger partial charge in [-0.2, -0.15) is 0 Å². The first-order chi connectivity index (χ1) is 13.1. The average Bonchev–Trinajstić information content (AvgIpc) is 3.42. The Morgan fingerprint density at radius 1 is 1.15 bits per heavy atom. The fourth-order valence-corrected chi connectivity index (χ4v) is 3.82. The van der Waals surface area contributed by atoms with Gasteiger partial charge < -0.3 is 9.88 Å². The van der Waals surface area contributed by atoms with Gasteiger partial charge in [-0.15, -0.1) is 10.2 Å². The molecule has 1 aliphatic carbocycles. The second-order valence-electron chi connectivity index (χ2n) is 6.54. The molecular formula is C20H19FN4OS. The van der Waals surface area contributed by atoms with Gasteiger partial charge in [-0.05, 0) is 30.5 Å². The van der Waals surface area contributed by atoms with E-state index in [2.05, 4.69) is 15.5 Å². The summed E-state index contributed by atoms with van der Waals surface area (Å²) in [7, 11) is 1.78. The number of carbonyl (C=O) groups is 1. The lowest BCUT2D eigenvalue weighted by Crippen LogP contribution is -2.29. The zero-order valence-corrected chi connectivity index (χ0v) is 15.6. The van der Waals surface area contributed by atoms with Crippen LogP contribution in [0.2, 0.25) is 0 Å². The maximum absolute atomic E-state index is 14.1. The van der Waals surface area contributed by atoms with Crippen LogP contribution in [0.5, 0.6) is 0 Å². The second-order valence-corrected chi connectivity index (χ2v) is 7.61. The van der Waals surface area contributed by atoms with Gasteiger partial charge in [0.15, 0.2) is 11.0 Å². The Balaban J connectivity index is 1.63. The number of hydrogen-bond donors (Lipinski definition) is 1. The van der Waals surface area contributed by atoms with Gasteiger partial charge in [0.1, 0.15) is 11.1 Å². The van der Waals surface area contributed by atoms with E-state index in [9.17, 15) is 9.18 Å². The molecule has 2 aromatic carbocycles. The second kappa shape index (κ2) is 7.52. The molecule has 1 atom stereocenters. The van der Waals surface area contributed by atoms with Gasteiger partial charge in [-0.3, -0.25) is 4.79 Å². The Hall–Kier alpha value is -2.67. The molecule has 5 nitrogen and oxygen atoms in total. The molecule has 1 amide bonds. The third-order valence-corrected chi connectivity index (χ3v) is 5.73. The molecule has 7 heteroatoms. The van der Waals surface area contributed by atoms with Crippen molar-refractivity contribution in [2.75, 3.05) is 0 Å². The van der Waals surface area contributed by atoms with E-state index in [-0.39, 0.29) is 17.8 Å². The Kier molecular flexibility index (Phi) is 4.94. The Morgan fingerprint density at radius 2 is 1.85 bits per heavy atom. The molecule has 1 heterocycles. The first-order valence-electron chi connectivity index (χ1n) is 8.80. The lowest BCUT2D eigenvalue weighted by atomic mass is 10.1. The number of aromatic nitrogens is 3. The number of carbonyl (C=O) groups excluding carboxylic acids is 1. The van der Waals surface area contributed by atoms with E-state index in [1.807, 2.05) is 30.3 Å². The molecule has 27 heavy (non-hydrogen) atoms. The van der Waals surface area contributed by atoms with Gasteiger partial charge in [-0.25, -0.2) is 4.39 Å². The summed E-state index contributed by atoms with van der Waals surface area (Å²) in [6.45, 7) is 0. The van der Waals surface area contributed by atoms with E-state index < -0.39 is 5.25 Å². The van der Waals surface area contributed by atoms with Gasteiger partial charge in [0.25, 0.3) is 0 Å². The highest BCUT2D eigenvalue weighted by Gasteiger charge is 2.30. The first-order valence-corrected chi connectivity index (χ1v) is 9.67. The molecule has 1 aromatic heterocycles. The molecule has 1 saturated carbocycles. The average molecular weight is 382 g/mol. The van der Waals surface area contributed by atoms with Crippen LogP contribution < -0.4 is 5.32 Å². The zero-order chi connectivity index (χ0) is 18.8. The fraction of sp³-hybridized carbons (Fsp3) is 0.250. The molecule has 1 fully saturated rings. The van der Waals surface area contributed by atoms with Crippen LogP contribution in [0.15, 0.2) is 59.8 Å². The van der Waals surface area contributed by atoms with Gasteiger partial charge >= 0.3 is 0 Å². The van der Waals surface area contributed by atoms with E-state index in [1.54, 1.807) is 29.8 Å². The number of nitrogens with zero attached hydrogens (tertiary/aromatic N) is 3. The van der Waals surface area contributed by atoms with E-state index in [0.29, 0.717) is 16.5 Å². The summed E-state index contributed by atoms with van der Waals surface area (Å²) in [5, 5.41) is 11.5. The van der Waals surface area contributed by atoms with Gasteiger partial charge in [0.05, 0.1) is 5.56 Å². The summed E-state index contributed by atoms with van der Waals surface area (Å²) < 4.78 is 15.8. The first kappa shape index (κ1) is 17.7. The van der Waals surface area contributed by atoms with Crippen molar-refractivity contribution < 1.29 is 9.18 Å². The number of thioether (sulfide) groups is 1. The van der Waals surface area contributed by atoms with Gasteiger partial charge in [0, 0.05) is 13.1 Å². The monoisotopic (exact) mass is 382 g/mol. The summed E-state index contributed by atoms with van der Waals surface area (Å²) in [5.74, 6) is 0.0461. The van der Waals surface area contributed by atoms with Crippen LogP contribution in [0, 0.1) is 5.82 Å². The Bertz CT molecular complexity index is 956. The highest BCUT2D eigenvalue weighted by molar-refractivity contribution is 8.00. The predicted octanol–water partition coefficient (Wildman–Crippen LogP) is 3.73. The molecule has 0 aliphatic heterocycles. The van der Waals surface area contributed by atoms with Crippen LogP contribution in [-0.2, 0) is 11.8 Å². The summed E-state index contributed by atoms with van der Waals surface area (Å²) in [6.07, 6.45) is 2.05. The predicted molar refractivity (Wildman–Crippen MR) is 103 cm³/mol. The number of nitrogens with one attached hydrogen (secondary N) is 1. The molecule has 0 unspecified atom stereocenters. The number of rotatable bonds is 6. The van der Waals surface area contributed by atoms with E-state index in [4.69, 9.17) is 0 Å². The molecule has 138 valence electrons. The summed E-state index contributed by atoms with van der Waals surface area (Å²) >= 11 is 1.32. The minimum atomic E-state index is -0.442. The van der Waals surface area contributed by atoms with Crippen molar-refractivity contribution in [3.05, 3.63) is 66.0 Å². The minimum absolute atomic E-state index is 0.0378. The third kappa shape index (κ3) is 3.88. The smallest absolute Gasteiger partial charge is 0.238 e. The van der Waals surface area contributed by atoms with Crippen molar-refractivity contribution in [3.63, 3.8) is 0 Å². The van der Waals surface area contributed by atoms with Gasteiger partial charge in [-0.1, -0.05) is 54.2 Å². The highest BCUT2D eigenvalue weighted by atomic mass is 32.2. The standard InChI is InChI=1S/C20H19FN4OS/c1-25-18(15-9-5-6-10-16(15)21)23-24-20(25)27-17(13-7-3-2-4-8-13)19(26)22-14-11-12-14/h2-10,14,17H,11-12H2,1H3,(H,22,26)/t17-/m1/s1. The molecule has 0 spiro atoms. The lowest BCUT2D eigenvalue weighted by Gasteiger charge is -2.16. The molecule has 0 bridgehead atoms. The normalized spacial score (nSPS) is 14.7. The summed E-state index contributed by atoms with van der Waals surface area (Å²) in [5.41, 5.74) is 1.29. The molecule has 3 aromatic rings. The fourth-order valence-electron chi connectivity index (χ4n) is 2.81. The van der Waals surface area contributed by atoms with E-state index >= 15 is 0 Å². The van der Waals surface area contributed by atoms with Crippen molar-refractivity contribution in [3.8, 4) is 11.4 Å². The van der Waals surface area contributed by atoms with Crippen molar-refractivity contribution >= 4 is 17.7 Å². The number of hydrogen-bond acceptors (Lipinski definition) is 4. The summed E-state index contributed by atoms with van der Waals surface area (Å²) in [4.78, 5) is 12.8. The van der Waals surface area contributed by atoms with Crippen molar-refractivity contribution in [1.82, 2.24) is 20.1 Å². The quantitative estimate of drug-likeness (QED) is 0.660. The third-order valence-electron chi connectivity index (χ3n) is 4.44. The molecule has 4 rings (SSSR count). The molecule has 1 N–H and O–H groups in total. The number of amides is 1. The largest absolute Gasteiger partial charge is 0.352 e. The topological polar surface area (TPSA) is 59.8 Å². The molecule has 0 saturated heterocycles. The van der Waals surface area contributed by atoms with Crippen LogP contribution in [-0.4, -0.2) is 26.7 Å². The number of benzene rings is 2. The Labute approximate surface area is 161 Å². The van der Waals surface area contributed by atoms with Crippen LogP contribution in [0.3, 0.4) is 0 Å². The maximum atomic E-state index is 14.1.